The maximum absolute atomic E-state index is 12.3. The summed E-state index contributed by atoms with van der Waals surface area (Å²) in [6.45, 7) is 0. The average molecular weight is 317 g/mol. The minimum atomic E-state index is -3.58. The lowest BCUT2D eigenvalue weighted by atomic mass is 9.96. The van der Waals surface area contributed by atoms with Gasteiger partial charge in [-0.05, 0) is 19.1 Å². The van der Waals surface area contributed by atoms with Gasteiger partial charge >= 0.3 is 0 Å². The van der Waals surface area contributed by atoms with Crippen LogP contribution in [0.1, 0.15) is 25.7 Å². The quantitative estimate of drug-likeness (QED) is 0.542. The zero-order valence-electron chi connectivity index (χ0n) is 11.2. The van der Waals surface area contributed by atoms with Crippen LogP contribution in [0.3, 0.4) is 0 Å². The molecule has 1 aromatic heterocycles. The van der Waals surface area contributed by atoms with E-state index < -0.39 is 10.0 Å². The Labute approximate surface area is 123 Å². The molecule has 7 nitrogen and oxygen atoms in total. The minimum Gasteiger partial charge on any atom is -0.292 e. The fraction of sp³-hybridized carbons (Fsp3) is 0.636. The van der Waals surface area contributed by atoms with E-state index in [2.05, 4.69) is 20.1 Å². The Morgan fingerprint density at radius 3 is 2.55 bits per heavy atom. The molecule has 0 bridgehead atoms. The zero-order chi connectivity index (χ0) is 14.6. The SMILES string of the molecule is CSC1CCCCC1NS(=O)(=O)c1cnc(NN)nc1. The molecule has 2 rings (SSSR count). The maximum atomic E-state index is 12.3. The molecule has 4 N–H and O–H groups in total. The first-order valence-electron chi connectivity index (χ1n) is 6.40. The molecule has 0 spiro atoms. The van der Waals surface area contributed by atoms with E-state index in [9.17, 15) is 8.42 Å². The second kappa shape index (κ2) is 6.70. The Hall–Kier alpha value is -0.900. The summed E-state index contributed by atoms with van der Waals surface area (Å²) in [7, 11) is -3.58. The van der Waals surface area contributed by atoms with Gasteiger partial charge in [0, 0.05) is 11.3 Å². The van der Waals surface area contributed by atoms with Crippen LogP contribution in [0.5, 0.6) is 0 Å². The third-order valence-electron chi connectivity index (χ3n) is 3.38. The number of hydrazine groups is 1. The molecule has 0 aromatic carbocycles. The number of nitrogens with one attached hydrogen (secondary N) is 2. The number of hydrogen-bond acceptors (Lipinski definition) is 7. The van der Waals surface area contributed by atoms with Gasteiger partial charge in [0.1, 0.15) is 4.90 Å². The molecule has 20 heavy (non-hydrogen) atoms. The summed E-state index contributed by atoms with van der Waals surface area (Å²) in [5.74, 6) is 5.34. The number of nitrogens with two attached hydrogens (primary N) is 1. The molecule has 1 saturated carbocycles. The van der Waals surface area contributed by atoms with Crippen LogP contribution in [0, 0.1) is 0 Å². The van der Waals surface area contributed by atoms with Crippen LogP contribution in [0.25, 0.3) is 0 Å². The number of thioether (sulfide) groups is 1. The summed E-state index contributed by atoms with van der Waals surface area (Å²) in [6, 6.07) is -0.0314. The summed E-state index contributed by atoms with van der Waals surface area (Å²) in [4.78, 5) is 7.71. The third kappa shape index (κ3) is 3.60. The van der Waals surface area contributed by atoms with Gasteiger partial charge < -0.3 is 0 Å². The number of hydrogen-bond donors (Lipinski definition) is 3. The van der Waals surface area contributed by atoms with Crippen molar-refractivity contribution in [3.8, 4) is 0 Å². The van der Waals surface area contributed by atoms with Crippen molar-refractivity contribution in [2.45, 2.75) is 41.9 Å². The zero-order valence-corrected chi connectivity index (χ0v) is 12.9. The maximum Gasteiger partial charge on any atom is 0.243 e. The lowest BCUT2D eigenvalue weighted by Crippen LogP contribution is -2.43. The molecule has 1 aromatic rings. The van der Waals surface area contributed by atoms with Crippen molar-refractivity contribution in [3.63, 3.8) is 0 Å². The lowest BCUT2D eigenvalue weighted by molar-refractivity contribution is 0.423. The predicted octanol–water partition coefficient (Wildman–Crippen LogP) is 0.715. The van der Waals surface area contributed by atoms with Crippen LogP contribution in [-0.4, -0.2) is 35.9 Å². The fourth-order valence-corrected chi connectivity index (χ4v) is 4.53. The lowest BCUT2D eigenvalue weighted by Gasteiger charge is -2.30. The van der Waals surface area contributed by atoms with Crippen molar-refractivity contribution in [1.82, 2.24) is 14.7 Å². The average Bonchev–Trinajstić information content (AvgIpc) is 2.47. The number of rotatable bonds is 5. The molecule has 0 aliphatic heterocycles. The predicted molar refractivity (Wildman–Crippen MR) is 79.7 cm³/mol. The molecule has 2 atom stereocenters. The number of anilines is 1. The first-order chi connectivity index (χ1) is 9.56. The summed E-state index contributed by atoms with van der Waals surface area (Å²) < 4.78 is 27.4. The van der Waals surface area contributed by atoms with Crippen LogP contribution in [0.4, 0.5) is 5.95 Å². The van der Waals surface area contributed by atoms with Crippen LogP contribution in [0.15, 0.2) is 17.3 Å². The number of aromatic nitrogens is 2. The fourth-order valence-electron chi connectivity index (χ4n) is 2.31. The highest BCUT2D eigenvalue weighted by Gasteiger charge is 2.29. The summed E-state index contributed by atoms with van der Waals surface area (Å²) in [5, 5.41) is 0.324. The highest BCUT2D eigenvalue weighted by molar-refractivity contribution is 7.99. The van der Waals surface area contributed by atoms with Crippen LogP contribution in [-0.2, 0) is 10.0 Å². The molecule has 0 amide bonds. The van der Waals surface area contributed by atoms with E-state index in [4.69, 9.17) is 5.84 Å². The van der Waals surface area contributed by atoms with E-state index in [-0.39, 0.29) is 16.9 Å². The molecule has 112 valence electrons. The largest absolute Gasteiger partial charge is 0.292 e. The topological polar surface area (TPSA) is 110 Å². The highest BCUT2D eigenvalue weighted by Crippen LogP contribution is 2.28. The van der Waals surface area contributed by atoms with Crippen LogP contribution in [0.2, 0.25) is 0 Å². The molecule has 1 aliphatic rings. The van der Waals surface area contributed by atoms with Crippen molar-refractivity contribution in [2.24, 2.45) is 5.84 Å². The van der Waals surface area contributed by atoms with Gasteiger partial charge in [0.25, 0.3) is 0 Å². The van der Waals surface area contributed by atoms with Gasteiger partial charge in [-0.15, -0.1) is 0 Å². The Morgan fingerprint density at radius 1 is 1.30 bits per heavy atom. The van der Waals surface area contributed by atoms with Gasteiger partial charge in [0.05, 0.1) is 12.4 Å². The molecule has 9 heteroatoms. The Balaban J connectivity index is 2.12. The Kier molecular flexibility index (Phi) is 5.19. The minimum absolute atomic E-state index is 0.0314. The standard InChI is InChI=1S/C11H19N5O2S2/c1-19-10-5-3-2-4-9(10)16-20(17,18)8-6-13-11(15-12)14-7-8/h6-7,9-10,16H,2-5,12H2,1H3,(H,13,14,15). The van der Waals surface area contributed by atoms with Gasteiger partial charge in [-0.25, -0.2) is 29.0 Å². The highest BCUT2D eigenvalue weighted by atomic mass is 32.2. The second-order valence-corrected chi connectivity index (χ2v) is 7.46. The van der Waals surface area contributed by atoms with Gasteiger partial charge in [-0.1, -0.05) is 12.8 Å². The van der Waals surface area contributed by atoms with E-state index >= 15 is 0 Å². The van der Waals surface area contributed by atoms with E-state index in [0.29, 0.717) is 5.25 Å². The molecular formula is C11H19N5O2S2. The van der Waals surface area contributed by atoms with Crippen molar-refractivity contribution in [3.05, 3.63) is 12.4 Å². The van der Waals surface area contributed by atoms with Crippen molar-refractivity contribution in [2.75, 3.05) is 11.7 Å². The summed E-state index contributed by atoms with van der Waals surface area (Å²) in [6.07, 6.45) is 8.64. The monoisotopic (exact) mass is 317 g/mol. The van der Waals surface area contributed by atoms with Crippen molar-refractivity contribution >= 4 is 27.7 Å². The van der Waals surface area contributed by atoms with Crippen molar-refractivity contribution in [1.29, 1.82) is 0 Å². The van der Waals surface area contributed by atoms with Crippen LogP contribution < -0.4 is 16.0 Å². The third-order valence-corrected chi connectivity index (χ3v) is 5.99. The smallest absolute Gasteiger partial charge is 0.243 e. The van der Waals surface area contributed by atoms with Crippen molar-refractivity contribution < 1.29 is 8.42 Å². The van der Waals surface area contributed by atoms with E-state index in [0.717, 1.165) is 25.7 Å². The molecular weight excluding hydrogens is 298 g/mol. The van der Waals surface area contributed by atoms with Gasteiger partial charge in [0.2, 0.25) is 16.0 Å². The molecule has 2 unspecified atom stereocenters. The normalized spacial score (nSPS) is 23.5. The van der Waals surface area contributed by atoms with Gasteiger partial charge in [0.15, 0.2) is 0 Å². The first kappa shape index (κ1) is 15.5. The first-order valence-corrected chi connectivity index (χ1v) is 9.17. The Bertz CT molecular complexity index is 534. The molecule has 1 fully saturated rings. The molecule has 1 heterocycles. The second-order valence-electron chi connectivity index (χ2n) is 4.67. The van der Waals surface area contributed by atoms with E-state index in [1.54, 1.807) is 11.8 Å². The number of sulfonamides is 1. The van der Waals surface area contributed by atoms with Crippen LogP contribution >= 0.6 is 11.8 Å². The Morgan fingerprint density at radius 2 is 1.95 bits per heavy atom. The van der Waals surface area contributed by atoms with Gasteiger partial charge in [-0.3, -0.25) is 5.43 Å². The van der Waals surface area contributed by atoms with E-state index in [1.807, 2.05) is 6.26 Å². The molecule has 0 saturated heterocycles. The number of nitrogens with zero attached hydrogens (tertiary/aromatic N) is 2. The summed E-state index contributed by atoms with van der Waals surface area (Å²) >= 11 is 1.71. The van der Waals surface area contributed by atoms with Gasteiger partial charge in [-0.2, -0.15) is 11.8 Å². The molecule has 1 aliphatic carbocycles. The van der Waals surface area contributed by atoms with E-state index in [1.165, 1.54) is 12.4 Å². The summed E-state index contributed by atoms with van der Waals surface area (Å²) in [5.41, 5.74) is 2.26. The number of nitrogen functional groups attached to an aromatic ring is 1. The molecule has 0 radical (unpaired) electrons.